The molecule has 0 aromatic heterocycles. The molecule has 21 heavy (non-hydrogen) atoms. The van der Waals surface area contributed by atoms with Gasteiger partial charge in [0.05, 0.1) is 7.11 Å². The summed E-state index contributed by atoms with van der Waals surface area (Å²) in [4.78, 5) is 25.7. The number of hydrogen-bond donors (Lipinski definition) is 1. The molecule has 1 amide bonds. The molecule has 1 rings (SSSR count). The minimum absolute atomic E-state index is 0.00485. The number of methoxy groups -OCH3 is 1. The van der Waals surface area contributed by atoms with Gasteiger partial charge in [-0.05, 0) is 38.5 Å². The second-order valence-electron chi connectivity index (χ2n) is 4.69. The molecule has 1 aromatic rings. The van der Waals surface area contributed by atoms with Gasteiger partial charge >= 0.3 is 5.97 Å². The molecule has 1 aromatic carbocycles. The van der Waals surface area contributed by atoms with Gasteiger partial charge in [0.25, 0.3) is 5.91 Å². The molecule has 0 spiro atoms. The molecule has 0 radical (unpaired) electrons. The summed E-state index contributed by atoms with van der Waals surface area (Å²) in [6.07, 6.45) is 0.612. The number of carbonyl (C=O) groups is 2. The van der Waals surface area contributed by atoms with Crippen molar-refractivity contribution in [1.29, 1.82) is 0 Å². The molecule has 0 saturated carbocycles. The smallest absolute Gasteiger partial charge is 0.328 e. The molecule has 1 atom stereocenters. The first-order valence-electron chi connectivity index (χ1n) is 7.30. The highest BCUT2D eigenvalue weighted by Gasteiger charge is 2.18. The van der Waals surface area contributed by atoms with Crippen molar-refractivity contribution in [3.05, 3.63) is 29.8 Å². The van der Waals surface area contributed by atoms with Crippen molar-refractivity contribution in [2.24, 2.45) is 0 Å². The standard InChI is InChI=1S/C16H24N2O3/c1-5-14(16(20)21-4)17-13-10-8-9-12(11-13)15(19)18(6-2)7-3/h8-11,14,17H,5-7H2,1-4H3. The summed E-state index contributed by atoms with van der Waals surface area (Å²) in [5.74, 6) is -0.312. The third kappa shape index (κ3) is 4.48. The Labute approximate surface area is 126 Å². The van der Waals surface area contributed by atoms with Crippen LogP contribution in [0.4, 0.5) is 5.69 Å². The van der Waals surface area contributed by atoms with Gasteiger partial charge < -0.3 is 15.0 Å². The number of amides is 1. The van der Waals surface area contributed by atoms with Gasteiger partial charge in [0.2, 0.25) is 0 Å². The Morgan fingerprint density at radius 2 is 1.90 bits per heavy atom. The van der Waals surface area contributed by atoms with E-state index in [2.05, 4.69) is 5.32 Å². The highest BCUT2D eigenvalue weighted by molar-refractivity contribution is 5.95. The van der Waals surface area contributed by atoms with Crippen LogP contribution in [0.15, 0.2) is 24.3 Å². The Kier molecular flexibility index (Phi) is 6.72. The van der Waals surface area contributed by atoms with Gasteiger partial charge in [-0.3, -0.25) is 4.79 Å². The number of hydrogen-bond acceptors (Lipinski definition) is 4. The highest BCUT2D eigenvalue weighted by Crippen LogP contribution is 2.15. The lowest BCUT2D eigenvalue weighted by atomic mass is 10.1. The lowest BCUT2D eigenvalue weighted by Crippen LogP contribution is -2.31. The van der Waals surface area contributed by atoms with Crippen LogP contribution in [-0.4, -0.2) is 43.0 Å². The van der Waals surface area contributed by atoms with E-state index in [1.165, 1.54) is 7.11 Å². The Bertz CT molecular complexity index is 484. The Hall–Kier alpha value is -2.04. The van der Waals surface area contributed by atoms with Crippen molar-refractivity contribution in [1.82, 2.24) is 4.90 Å². The van der Waals surface area contributed by atoms with Crippen molar-refractivity contribution >= 4 is 17.6 Å². The molecular formula is C16H24N2O3. The zero-order valence-electron chi connectivity index (χ0n) is 13.2. The first kappa shape index (κ1) is 17.0. The molecule has 0 fully saturated rings. The van der Waals surface area contributed by atoms with E-state index in [9.17, 15) is 9.59 Å². The third-order valence-electron chi connectivity index (χ3n) is 3.40. The van der Waals surface area contributed by atoms with E-state index in [0.29, 0.717) is 25.1 Å². The number of benzene rings is 1. The summed E-state index contributed by atoms with van der Waals surface area (Å²) in [6, 6.07) is 6.79. The van der Waals surface area contributed by atoms with Crippen LogP contribution in [-0.2, 0) is 9.53 Å². The average molecular weight is 292 g/mol. The van der Waals surface area contributed by atoms with Crippen LogP contribution in [0.3, 0.4) is 0 Å². The maximum Gasteiger partial charge on any atom is 0.328 e. The van der Waals surface area contributed by atoms with E-state index in [1.54, 1.807) is 17.0 Å². The van der Waals surface area contributed by atoms with Crippen LogP contribution in [0.5, 0.6) is 0 Å². The monoisotopic (exact) mass is 292 g/mol. The SMILES string of the molecule is CCC(Nc1cccc(C(=O)N(CC)CC)c1)C(=O)OC. The summed E-state index contributed by atoms with van der Waals surface area (Å²) in [5.41, 5.74) is 1.36. The molecule has 1 N–H and O–H groups in total. The molecule has 0 bridgehead atoms. The van der Waals surface area contributed by atoms with Crippen LogP contribution in [0.25, 0.3) is 0 Å². The van der Waals surface area contributed by atoms with E-state index in [4.69, 9.17) is 4.74 Å². The fraction of sp³-hybridized carbons (Fsp3) is 0.500. The fourth-order valence-corrected chi connectivity index (χ4v) is 2.11. The lowest BCUT2D eigenvalue weighted by molar-refractivity contribution is -0.141. The van der Waals surface area contributed by atoms with Crippen molar-refractivity contribution in [2.45, 2.75) is 33.2 Å². The van der Waals surface area contributed by atoms with Crippen LogP contribution in [0.2, 0.25) is 0 Å². The summed E-state index contributed by atoms with van der Waals surface area (Å²) in [5, 5.41) is 3.10. The second-order valence-corrected chi connectivity index (χ2v) is 4.69. The molecule has 5 nitrogen and oxygen atoms in total. The Morgan fingerprint density at radius 3 is 2.43 bits per heavy atom. The number of carbonyl (C=O) groups excluding carboxylic acids is 2. The zero-order chi connectivity index (χ0) is 15.8. The number of esters is 1. The van der Waals surface area contributed by atoms with Crippen molar-refractivity contribution in [3.63, 3.8) is 0 Å². The van der Waals surface area contributed by atoms with Gasteiger partial charge in [0, 0.05) is 24.3 Å². The minimum Gasteiger partial charge on any atom is -0.467 e. The van der Waals surface area contributed by atoms with Crippen LogP contribution < -0.4 is 5.32 Å². The molecule has 116 valence electrons. The zero-order valence-corrected chi connectivity index (χ0v) is 13.2. The Morgan fingerprint density at radius 1 is 1.24 bits per heavy atom. The summed E-state index contributed by atoms with van der Waals surface area (Å²) >= 11 is 0. The minimum atomic E-state index is -0.409. The number of rotatable bonds is 7. The van der Waals surface area contributed by atoms with Crippen LogP contribution in [0.1, 0.15) is 37.6 Å². The summed E-state index contributed by atoms with van der Waals surface area (Å²) < 4.78 is 4.75. The van der Waals surface area contributed by atoms with Crippen molar-refractivity contribution in [2.75, 3.05) is 25.5 Å². The molecular weight excluding hydrogens is 268 g/mol. The van der Waals surface area contributed by atoms with Crippen LogP contribution >= 0.6 is 0 Å². The average Bonchev–Trinajstić information content (AvgIpc) is 2.53. The molecule has 5 heteroatoms. The molecule has 0 heterocycles. The molecule has 0 aliphatic heterocycles. The highest BCUT2D eigenvalue weighted by atomic mass is 16.5. The number of nitrogens with one attached hydrogen (secondary N) is 1. The maximum absolute atomic E-state index is 12.3. The van der Waals surface area contributed by atoms with E-state index in [-0.39, 0.29) is 11.9 Å². The normalized spacial score (nSPS) is 11.6. The topological polar surface area (TPSA) is 58.6 Å². The van der Waals surface area contributed by atoms with Gasteiger partial charge in [-0.2, -0.15) is 0 Å². The number of anilines is 1. The van der Waals surface area contributed by atoms with Gasteiger partial charge in [-0.25, -0.2) is 4.79 Å². The van der Waals surface area contributed by atoms with Gasteiger partial charge in [0.1, 0.15) is 6.04 Å². The molecule has 0 aliphatic rings. The molecule has 1 unspecified atom stereocenters. The summed E-state index contributed by atoms with van der Waals surface area (Å²) in [7, 11) is 1.37. The predicted molar refractivity (Wildman–Crippen MR) is 83.4 cm³/mol. The van der Waals surface area contributed by atoms with Gasteiger partial charge in [-0.15, -0.1) is 0 Å². The molecule has 0 saturated heterocycles. The van der Waals surface area contributed by atoms with E-state index in [0.717, 1.165) is 5.69 Å². The van der Waals surface area contributed by atoms with Crippen molar-refractivity contribution in [3.8, 4) is 0 Å². The largest absolute Gasteiger partial charge is 0.467 e. The lowest BCUT2D eigenvalue weighted by Gasteiger charge is -2.20. The maximum atomic E-state index is 12.3. The fourth-order valence-electron chi connectivity index (χ4n) is 2.11. The summed E-state index contributed by atoms with van der Waals surface area (Å²) in [6.45, 7) is 7.15. The van der Waals surface area contributed by atoms with E-state index >= 15 is 0 Å². The van der Waals surface area contributed by atoms with Crippen LogP contribution in [0, 0.1) is 0 Å². The van der Waals surface area contributed by atoms with Gasteiger partial charge in [-0.1, -0.05) is 13.0 Å². The number of ether oxygens (including phenoxy) is 1. The first-order chi connectivity index (χ1) is 10.1. The third-order valence-corrected chi connectivity index (χ3v) is 3.40. The predicted octanol–water partition coefficient (Wildman–Crippen LogP) is 2.53. The van der Waals surface area contributed by atoms with Gasteiger partial charge in [0.15, 0.2) is 0 Å². The first-order valence-corrected chi connectivity index (χ1v) is 7.30. The second kappa shape index (κ2) is 8.29. The molecule has 0 aliphatic carbocycles. The Balaban J connectivity index is 2.90. The van der Waals surface area contributed by atoms with E-state index in [1.807, 2.05) is 32.9 Å². The van der Waals surface area contributed by atoms with E-state index < -0.39 is 6.04 Å². The van der Waals surface area contributed by atoms with Crippen molar-refractivity contribution < 1.29 is 14.3 Å². The number of nitrogens with zero attached hydrogens (tertiary/aromatic N) is 1. The quantitative estimate of drug-likeness (QED) is 0.785.